The monoisotopic (exact) mass is 364 g/mol. The molecule has 0 saturated heterocycles. The highest BCUT2D eigenvalue weighted by molar-refractivity contribution is 5.82. The fourth-order valence-corrected chi connectivity index (χ4v) is 5.65. The molecular formula is C25H32O2. The highest BCUT2D eigenvalue weighted by atomic mass is 16.5. The molecular weight excluding hydrogens is 332 g/mol. The zero-order valence-corrected chi connectivity index (χ0v) is 16.7. The third-order valence-corrected chi connectivity index (χ3v) is 7.59. The van der Waals surface area contributed by atoms with Gasteiger partial charge in [-0.05, 0) is 67.4 Å². The molecule has 4 saturated carbocycles. The van der Waals surface area contributed by atoms with Crippen LogP contribution in [-0.2, 0) is 9.53 Å². The second-order valence-electron chi connectivity index (χ2n) is 9.41. The van der Waals surface area contributed by atoms with Crippen LogP contribution in [0.25, 0.3) is 0 Å². The summed E-state index contributed by atoms with van der Waals surface area (Å²) in [7, 11) is 0. The van der Waals surface area contributed by atoms with Gasteiger partial charge in [0.05, 0.1) is 12.5 Å². The fourth-order valence-electron chi connectivity index (χ4n) is 5.65. The van der Waals surface area contributed by atoms with Gasteiger partial charge in [0.2, 0.25) is 0 Å². The van der Waals surface area contributed by atoms with Gasteiger partial charge in [0.15, 0.2) is 0 Å². The summed E-state index contributed by atoms with van der Waals surface area (Å²) in [5, 5.41) is 0. The summed E-state index contributed by atoms with van der Waals surface area (Å²) in [5.41, 5.74) is 1.47. The van der Waals surface area contributed by atoms with E-state index in [4.69, 9.17) is 4.74 Å². The molecule has 1 aromatic carbocycles. The molecule has 5 rings (SSSR count). The van der Waals surface area contributed by atoms with Crippen LogP contribution in [0.4, 0.5) is 0 Å². The van der Waals surface area contributed by atoms with Crippen molar-refractivity contribution in [3.8, 4) is 11.8 Å². The minimum absolute atomic E-state index is 0.0410. The molecule has 0 aliphatic heterocycles. The summed E-state index contributed by atoms with van der Waals surface area (Å²) in [6.45, 7) is 5.61. The number of ether oxygens (including phenoxy) is 1. The lowest BCUT2D eigenvalue weighted by Crippen LogP contribution is -2.53. The molecule has 5 atom stereocenters. The van der Waals surface area contributed by atoms with Crippen molar-refractivity contribution in [2.24, 2.45) is 29.1 Å². The Morgan fingerprint density at radius 3 is 2.67 bits per heavy atom. The summed E-state index contributed by atoms with van der Waals surface area (Å²) in [6.07, 6.45) is 7.48. The maximum Gasteiger partial charge on any atom is 0.139 e. The van der Waals surface area contributed by atoms with Gasteiger partial charge in [-0.1, -0.05) is 50.3 Å². The molecule has 0 aromatic heterocycles. The first-order valence-corrected chi connectivity index (χ1v) is 10.8. The number of carbonyl (C=O) groups is 1. The van der Waals surface area contributed by atoms with Crippen LogP contribution >= 0.6 is 0 Å². The first kappa shape index (κ1) is 18.8. The number of benzene rings is 1. The first-order valence-electron chi connectivity index (χ1n) is 10.8. The van der Waals surface area contributed by atoms with E-state index in [0.29, 0.717) is 23.5 Å². The summed E-state index contributed by atoms with van der Waals surface area (Å²) < 4.78 is 6.41. The molecule has 0 unspecified atom stereocenters. The van der Waals surface area contributed by atoms with Crippen LogP contribution in [0.3, 0.4) is 0 Å². The van der Waals surface area contributed by atoms with Gasteiger partial charge in [0.25, 0.3) is 0 Å². The molecule has 1 aromatic rings. The molecule has 2 nitrogen and oxygen atoms in total. The first-order chi connectivity index (χ1) is 13.1. The minimum atomic E-state index is -0.251. The number of hydrogen-bond donors (Lipinski definition) is 0. The van der Waals surface area contributed by atoms with E-state index in [1.54, 1.807) is 0 Å². The number of carbonyl (C=O) groups excluding carboxylic acids is 1. The highest BCUT2D eigenvalue weighted by Gasteiger charge is 2.54. The maximum atomic E-state index is 12.5. The lowest BCUT2D eigenvalue weighted by atomic mass is 9.46. The zero-order chi connectivity index (χ0) is 18.9. The van der Waals surface area contributed by atoms with Crippen molar-refractivity contribution < 1.29 is 9.53 Å². The maximum absolute atomic E-state index is 12.5. The Morgan fingerprint density at radius 1 is 1.15 bits per heavy atom. The van der Waals surface area contributed by atoms with Crippen molar-refractivity contribution in [3.05, 3.63) is 35.9 Å². The molecule has 0 spiro atoms. The van der Waals surface area contributed by atoms with Crippen molar-refractivity contribution in [1.82, 2.24) is 0 Å². The lowest BCUT2D eigenvalue weighted by Gasteiger charge is -2.60. The van der Waals surface area contributed by atoms with Crippen molar-refractivity contribution in [2.45, 2.75) is 64.9 Å². The van der Waals surface area contributed by atoms with E-state index < -0.39 is 0 Å². The van der Waals surface area contributed by atoms with Crippen molar-refractivity contribution in [1.29, 1.82) is 0 Å². The fraction of sp³-hybridized carbons (Fsp3) is 0.640. The van der Waals surface area contributed by atoms with Crippen LogP contribution in [0.1, 0.15) is 64.4 Å². The number of hydrogen-bond acceptors (Lipinski definition) is 2. The summed E-state index contributed by atoms with van der Waals surface area (Å²) in [5.74, 6) is 9.22. The van der Waals surface area contributed by atoms with Crippen LogP contribution in [0.15, 0.2) is 30.3 Å². The van der Waals surface area contributed by atoms with E-state index in [9.17, 15) is 4.79 Å². The number of ketones is 1. The van der Waals surface area contributed by atoms with Gasteiger partial charge < -0.3 is 4.74 Å². The molecule has 0 N–H and O–H groups in total. The average Bonchev–Trinajstić information content (AvgIpc) is 2.69. The molecule has 27 heavy (non-hydrogen) atoms. The largest absolute Gasteiger partial charge is 0.364 e. The highest BCUT2D eigenvalue weighted by Crippen LogP contribution is 2.61. The molecule has 0 radical (unpaired) electrons. The Kier molecular flexibility index (Phi) is 5.42. The molecule has 4 aliphatic carbocycles. The predicted molar refractivity (Wildman–Crippen MR) is 108 cm³/mol. The standard InChI is InChI=1S/C25H32O2/c1-25(2)20-14-13-19(22(25)16-20)17-27-24(21-10-6-7-11-23(21)26)15-12-18-8-4-3-5-9-18/h3-5,8-9,19-22,24H,6-7,10-11,13-14,16-17H2,1-2H3/t19-,20+,21+,22+,24+/m1/s1. The molecule has 144 valence electrons. The average molecular weight is 365 g/mol. The van der Waals surface area contributed by atoms with Crippen LogP contribution < -0.4 is 0 Å². The summed E-state index contributed by atoms with van der Waals surface area (Å²) in [6, 6.07) is 10.0. The quantitative estimate of drug-likeness (QED) is 0.682. The third-order valence-electron chi connectivity index (χ3n) is 7.59. The molecule has 4 fully saturated rings. The van der Waals surface area contributed by atoms with E-state index in [1.165, 1.54) is 19.3 Å². The molecule has 2 bridgehead atoms. The number of rotatable bonds is 4. The van der Waals surface area contributed by atoms with Gasteiger partial charge in [-0.15, -0.1) is 0 Å². The van der Waals surface area contributed by atoms with E-state index in [-0.39, 0.29) is 12.0 Å². The van der Waals surface area contributed by atoms with Gasteiger partial charge >= 0.3 is 0 Å². The van der Waals surface area contributed by atoms with Gasteiger partial charge in [0, 0.05) is 12.0 Å². The van der Waals surface area contributed by atoms with Crippen LogP contribution in [0, 0.1) is 40.9 Å². The topological polar surface area (TPSA) is 26.3 Å². The van der Waals surface area contributed by atoms with Gasteiger partial charge in [-0.25, -0.2) is 0 Å². The zero-order valence-electron chi connectivity index (χ0n) is 16.7. The molecule has 0 heterocycles. The summed E-state index contributed by atoms with van der Waals surface area (Å²) >= 11 is 0. The normalized spacial score (nSPS) is 32.7. The van der Waals surface area contributed by atoms with Crippen LogP contribution in [0.2, 0.25) is 0 Å². The second-order valence-corrected chi connectivity index (χ2v) is 9.41. The smallest absolute Gasteiger partial charge is 0.139 e. The Morgan fingerprint density at radius 2 is 1.96 bits per heavy atom. The van der Waals surface area contributed by atoms with Gasteiger partial charge in [-0.3, -0.25) is 4.79 Å². The molecule has 4 aliphatic rings. The van der Waals surface area contributed by atoms with Crippen LogP contribution in [-0.4, -0.2) is 18.5 Å². The van der Waals surface area contributed by atoms with E-state index >= 15 is 0 Å². The Labute approximate surface area is 164 Å². The number of Topliss-reactive ketones (excluding diaryl/α,β-unsaturated/α-hetero) is 1. The Balaban J connectivity index is 1.46. The van der Waals surface area contributed by atoms with Crippen molar-refractivity contribution in [2.75, 3.05) is 6.61 Å². The van der Waals surface area contributed by atoms with E-state index in [0.717, 1.165) is 43.3 Å². The second kappa shape index (κ2) is 7.80. The van der Waals surface area contributed by atoms with Gasteiger partial charge in [0.1, 0.15) is 11.9 Å². The minimum Gasteiger partial charge on any atom is -0.364 e. The van der Waals surface area contributed by atoms with E-state index in [1.807, 2.05) is 30.3 Å². The van der Waals surface area contributed by atoms with Crippen molar-refractivity contribution >= 4 is 5.78 Å². The summed E-state index contributed by atoms with van der Waals surface area (Å²) in [4.78, 5) is 12.5. The molecule has 0 amide bonds. The van der Waals surface area contributed by atoms with Crippen molar-refractivity contribution in [3.63, 3.8) is 0 Å². The Bertz CT molecular complexity index is 722. The van der Waals surface area contributed by atoms with E-state index in [2.05, 4.69) is 25.7 Å². The SMILES string of the molecule is CC1(C)[C@H]2CC[C@H](CO[C@@H](C#Cc3ccccc3)[C@H]3CCCCC3=O)[C@@H]1C2. The Hall–Kier alpha value is -1.59. The van der Waals surface area contributed by atoms with Crippen LogP contribution in [0.5, 0.6) is 0 Å². The third kappa shape index (κ3) is 3.85. The van der Waals surface area contributed by atoms with Gasteiger partial charge in [-0.2, -0.15) is 0 Å². The lowest BCUT2D eigenvalue weighted by molar-refractivity contribution is -0.139. The molecule has 2 heteroatoms. The number of fused-ring (bicyclic) bond motifs is 2. The predicted octanol–water partition coefficient (Wildman–Crippen LogP) is 5.25.